The smallest absolute Gasteiger partial charge is 0.112 e. The minimum Gasteiger partial charge on any atom is -0.377 e. The number of benzene rings is 1. The van der Waals surface area contributed by atoms with Crippen LogP contribution in [0.4, 0.5) is 0 Å². The molecule has 0 bridgehead atoms. The molecule has 3 rings (SSSR count). The van der Waals surface area contributed by atoms with E-state index in [0.29, 0.717) is 0 Å². The van der Waals surface area contributed by atoms with Crippen LogP contribution >= 0.6 is 11.8 Å². The van der Waals surface area contributed by atoms with E-state index >= 15 is 0 Å². The van der Waals surface area contributed by atoms with Gasteiger partial charge in [-0.1, -0.05) is 30.3 Å². The van der Waals surface area contributed by atoms with Gasteiger partial charge in [-0.15, -0.1) is 0 Å². The van der Waals surface area contributed by atoms with Crippen LogP contribution in [-0.2, 0) is 9.47 Å². The van der Waals surface area contributed by atoms with Crippen LogP contribution in [0.3, 0.4) is 0 Å². The largest absolute Gasteiger partial charge is 0.377 e. The molecular formula is C12H14O2S. The van der Waals surface area contributed by atoms with Gasteiger partial charge in [0.05, 0.1) is 13.2 Å². The number of ether oxygens (including phenoxy) is 2. The second-order valence-corrected chi connectivity index (χ2v) is 5.33. The minimum absolute atomic E-state index is 0.276. The number of epoxide rings is 1. The van der Waals surface area contributed by atoms with Gasteiger partial charge in [0.15, 0.2) is 0 Å². The Morgan fingerprint density at radius 2 is 2.07 bits per heavy atom. The second-order valence-electron chi connectivity index (χ2n) is 4.00. The quantitative estimate of drug-likeness (QED) is 0.713. The molecule has 15 heavy (non-hydrogen) atoms. The molecule has 2 nitrogen and oxygen atoms in total. The van der Waals surface area contributed by atoms with Gasteiger partial charge in [0.25, 0.3) is 0 Å². The Morgan fingerprint density at radius 1 is 1.27 bits per heavy atom. The number of hydrogen-bond acceptors (Lipinski definition) is 3. The molecule has 1 aromatic carbocycles. The van der Waals surface area contributed by atoms with Gasteiger partial charge in [-0.2, -0.15) is 11.8 Å². The molecule has 3 unspecified atom stereocenters. The monoisotopic (exact) mass is 222 g/mol. The summed E-state index contributed by atoms with van der Waals surface area (Å²) in [5.41, 5.74) is 1.27. The Morgan fingerprint density at radius 3 is 2.80 bits per heavy atom. The Bertz CT molecular complexity index is 324. The van der Waals surface area contributed by atoms with E-state index in [9.17, 15) is 0 Å². The number of hydrogen-bond donors (Lipinski definition) is 0. The van der Waals surface area contributed by atoms with Crippen molar-refractivity contribution in [3.8, 4) is 0 Å². The molecule has 3 heteroatoms. The van der Waals surface area contributed by atoms with E-state index in [1.54, 1.807) is 0 Å². The molecule has 1 aromatic rings. The minimum atomic E-state index is 0.276. The summed E-state index contributed by atoms with van der Waals surface area (Å²) in [6.45, 7) is 1.64. The SMILES string of the molecule is c1ccc(C2OC2COCC2CS2)cc1. The summed E-state index contributed by atoms with van der Waals surface area (Å²) >= 11 is 1.97. The van der Waals surface area contributed by atoms with E-state index < -0.39 is 0 Å². The Kier molecular flexibility index (Phi) is 2.69. The predicted molar refractivity (Wildman–Crippen MR) is 61.1 cm³/mol. The molecular weight excluding hydrogens is 208 g/mol. The van der Waals surface area contributed by atoms with Crippen molar-refractivity contribution >= 4 is 11.8 Å². The summed E-state index contributed by atoms with van der Waals surface area (Å²) in [5, 5.41) is 0.763. The summed E-state index contributed by atoms with van der Waals surface area (Å²) in [7, 11) is 0. The van der Waals surface area contributed by atoms with Crippen LogP contribution in [0.5, 0.6) is 0 Å². The number of thioether (sulfide) groups is 1. The third kappa shape index (κ3) is 2.54. The molecule has 2 heterocycles. The van der Waals surface area contributed by atoms with Crippen LogP contribution in [0.1, 0.15) is 11.7 Å². The van der Waals surface area contributed by atoms with Crippen LogP contribution in [0.2, 0.25) is 0 Å². The summed E-state index contributed by atoms with van der Waals surface area (Å²) in [5.74, 6) is 1.27. The Balaban J connectivity index is 1.43. The maximum Gasteiger partial charge on any atom is 0.112 e. The molecule has 2 fully saturated rings. The van der Waals surface area contributed by atoms with Crippen molar-refractivity contribution in [2.45, 2.75) is 17.5 Å². The highest BCUT2D eigenvalue weighted by Gasteiger charge is 2.40. The first-order valence-electron chi connectivity index (χ1n) is 5.33. The molecule has 0 spiro atoms. The highest BCUT2D eigenvalue weighted by Crippen LogP contribution is 2.39. The van der Waals surface area contributed by atoms with Gasteiger partial charge in [0.2, 0.25) is 0 Å². The maximum absolute atomic E-state index is 5.59. The van der Waals surface area contributed by atoms with Gasteiger partial charge < -0.3 is 9.47 Å². The summed E-state index contributed by atoms with van der Waals surface area (Å²) in [6, 6.07) is 10.4. The Hall–Kier alpha value is -0.510. The van der Waals surface area contributed by atoms with Crippen LogP contribution in [0.25, 0.3) is 0 Å². The van der Waals surface area contributed by atoms with E-state index in [0.717, 1.165) is 18.5 Å². The predicted octanol–water partition coefficient (Wildman–Crippen LogP) is 2.26. The molecule has 80 valence electrons. The van der Waals surface area contributed by atoms with Crippen molar-refractivity contribution in [2.75, 3.05) is 19.0 Å². The molecule has 0 N–H and O–H groups in total. The topological polar surface area (TPSA) is 21.8 Å². The van der Waals surface area contributed by atoms with Crippen LogP contribution in [-0.4, -0.2) is 30.3 Å². The van der Waals surface area contributed by atoms with E-state index in [2.05, 4.69) is 24.3 Å². The van der Waals surface area contributed by atoms with Crippen LogP contribution in [0, 0.1) is 0 Å². The lowest BCUT2D eigenvalue weighted by Crippen LogP contribution is -2.06. The van der Waals surface area contributed by atoms with Gasteiger partial charge >= 0.3 is 0 Å². The van der Waals surface area contributed by atoms with Gasteiger partial charge in [0, 0.05) is 11.0 Å². The highest BCUT2D eigenvalue weighted by atomic mass is 32.2. The van der Waals surface area contributed by atoms with Crippen molar-refractivity contribution in [3.63, 3.8) is 0 Å². The third-order valence-electron chi connectivity index (χ3n) is 2.70. The van der Waals surface area contributed by atoms with Gasteiger partial charge in [0.1, 0.15) is 12.2 Å². The fourth-order valence-corrected chi connectivity index (χ4v) is 2.11. The average molecular weight is 222 g/mol. The average Bonchev–Trinajstić information content (AvgIpc) is 3.13. The molecule has 2 saturated heterocycles. The van der Waals surface area contributed by atoms with Crippen LogP contribution < -0.4 is 0 Å². The molecule has 2 aliphatic heterocycles. The standard InChI is InChI=1S/C12H14O2S/c1-2-4-9(5-3-1)12-11(14-12)7-13-6-10-8-15-10/h1-5,10-12H,6-8H2. The molecule has 2 aliphatic rings. The number of rotatable bonds is 5. The van der Waals surface area contributed by atoms with Gasteiger partial charge in [-0.05, 0) is 5.56 Å². The van der Waals surface area contributed by atoms with Gasteiger partial charge in [-0.25, -0.2) is 0 Å². The highest BCUT2D eigenvalue weighted by molar-refractivity contribution is 8.06. The summed E-state index contributed by atoms with van der Waals surface area (Å²) in [6.07, 6.45) is 0.564. The molecule has 0 aliphatic carbocycles. The maximum atomic E-state index is 5.59. The fourth-order valence-electron chi connectivity index (χ4n) is 1.69. The van der Waals surface area contributed by atoms with Crippen molar-refractivity contribution in [2.24, 2.45) is 0 Å². The lowest BCUT2D eigenvalue weighted by atomic mass is 10.1. The van der Waals surface area contributed by atoms with Crippen molar-refractivity contribution in [3.05, 3.63) is 35.9 Å². The van der Waals surface area contributed by atoms with E-state index in [4.69, 9.17) is 9.47 Å². The van der Waals surface area contributed by atoms with Crippen molar-refractivity contribution < 1.29 is 9.47 Å². The third-order valence-corrected chi connectivity index (χ3v) is 3.64. The van der Waals surface area contributed by atoms with E-state index in [1.165, 1.54) is 11.3 Å². The van der Waals surface area contributed by atoms with Crippen molar-refractivity contribution in [1.82, 2.24) is 0 Å². The lowest BCUT2D eigenvalue weighted by Gasteiger charge is -1.98. The van der Waals surface area contributed by atoms with E-state index in [-0.39, 0.29) is 12.2 Å². The molecule has 0 radical (unpaired) electrons. The molecule has 0 saturated carbocycles. The van der Waals surface area contributed by atoms with Crippen LogP contribution in [0.15, 0.2) is 30.3 Å². The van der Waals surface area contributed by atoms with E-state index in [1.807, 2.05) is 17.8 Å². The fraction of sp³-hybridized carbons (Fsp3) is 0.500. The first-order chi connectivity index (χ1) is 7.43. The zero-order valence-electron chi connectivity index (χ0n) is 8.46. The van der Waals surface area contributed by atoms with Crippen molar-refractivity contribution in [1.29, 1.82) is 0 Å². The zero-order chi connectivity index (χ0) is 10.1. The summed E-state index contributed by atoms with van der Waals surface area (Å²) < 4.78 is 11.2. The molecule has 3 atom stereocenters. The summed E-state index contributed by atoms with van der Waals surface area (Å²) in [4.78, 5) is 0. The first-order valence-corrected chi connectivity index (χ1v) is 6.38. The second kappa shape index (κ2) is 4.16. The Labute approximate surface area is 94.0 Å². The first kappa shape index (κ1) is 9.70. The van der Waals surface area contributed by atoms with Gasteiger partial charge in [-0.3, -0.25) is 0 Å². The zero-order valence-corrected chi connectivity index (χ0v) is 9.28. The normalized spacial score (nSPS) is 32.7. The molecule has 0 amide bonds. The lowest BCUT2D eigenvalue weighted by molar-refractivity contribution is 0.123. The molecule has 0 aromatic heterocycles.